The van der Waals surface area contributed by atoms with Gasteiger partial charge in [-0.25, -0.2) is 9.59 Å². The highest BCUT2D eigenvalue weighted by molar-refractivity contribution is 5.95. The van der Waals surface area contributed by atoms with Crippen LogP contribution in [-0.4, -0.2) is 38.9 Å². The molecule has 0 unspecified atom stereocenters. The normalized spacial score (nSPS) is 16.7. The quantitative estimate of drug-likeness (QED) is 0.521. The molecule has 1 atom stereocenters. The third-order valence-corrected chi connectivity index (χ3v) is 4.00. The number of urea groups is 1. The predicted octanol–water partition coefficient (Wildman–Crippen LogP) is 2.68. The molecule has 0 spiro atoms. The molecule has 1 aliphatic heterocycles. The van der Waals surface area contributed by atoms with Crippen LogP contribution in [-0.2, 0) is 14.3 Å². The lowest BCUT2D eigenvalue weighted by atomic mass is 9.95. The van der Waals surface area contributed by atoms with Crippen molar-refractivity contribution in [1.29, 1.82) is 0 Å². The molecule has 2 rings (SSSR count). The molecule has 1 aromatic rings. The van der Waals surface area contributed by atoms with Gasteiger partial charge >= 0.3 is 12.0 Å². The maximum atomic E-state index is 12.6. The van der Waals surface area contributed by atoms with Crippen LogP contribution in [0.3, 0.4) is 0 Å². The second-order valence-electron chi connectivity index (χ2n) is 5.94. The van der Waals surface area contributed by atoms with Crippen molar-refractivity contribution in [2.24, 2.45) is 0 Å². The number of carbonyl (C=O) groups excluding carboxylic acids is 2. The number of hydrogen-bond acceptors (Lipinski definition) is 5. The molecule has 2 N–H and O–H groups in total. The van der Waals surface area contributed by atoms with E-state index in [9.17, 15) is 9.59 Å². The Balaban J connectivity index is 2.31. The Morgan fingerprint density at radius 2 is 1.96 bits per heavy atom. The minimum absolute atomic E-state index is 0.140. The summed E-state index contributed by atoms with van der Waals surface area (Å²) in [5, 5.41) is 5.42. The molecule has 142 valence electrons. The molecule has 26 heavy (non-hydrogen) atoms. The van der Waals surface area contributed by atoms with Gasteiger partial charge in [0.2, 0.25) is 0 Å². The SMILES string of the molecule is CCCCOc1ccccc1[C@H]1NC(=O)NC(C)=C1C(=O)OCCOC. The molecule has 1 aliphatic rings. The summed E-state index contributed by atoms with van der Waals surface area (Å²) in [5.74, 6) is 0.142. The highest BCUT2D eigenvalue weighted by Gasteiger charge is 2.33. The van der Waals surface area contributed by atoms with Gasteiger partial charge in [-0.15, -0.1) is 0 Å². The maximum Gasteiger partial charge on any atom is 0.338 e. The summed E-state index contributed by atoms with van der Waals surface area (Å²) >= 11 is 0. The van der Waals surface area contributed by atoms with Gasteiger partial charge in [-0.3, -0.25) is 0 Å². The molecule has 0 fully saturated rings. The van der Waals surface area contributed by atoms with Crippen LogP contribution in [0.15, 0.2) is 35.5 Å². The van der Waals surface area contributed by atoms with E-state index in [0.29, 0.717) is 30.2 Å². The number of esters is 1. The summed E-state index contributed by atoms with van der Waals surface area (Å²) in [5.41, 5.74) is 1.54. The van der Waals surface area contributed by atoms with Gasteiger partial charge in [0.1, 0.15) is 12.4 Å². The lowest BCUT2D eigenvalue weighted by molar-refractivity contribution is -0.140. The van der Waals surface area contributed by atoms with Crippen LogP contribution in [0.2, 0.25) is 0 Å². The highest BCUT2D eigenvalue weighted by Crippen LogP contribution is 2.33. The van der Waals surface area contributed by atoms with Crippen molar-refractivity contribution in [3.05, 3.63) is 41.1 Å². The fourth-order valence-corrected chi connectivity index (χ4v) is 2.67. The molecule has 7 nitrogen and oxygen atoms in total. The smallest absolute Gasteiger partial charge is 0.338 e. The molecular formula is C19H26N2O5. The van der Waals surface area contributed by atoms with Crippen molar-refractivity contribution in [3.63, 3.8) is 0 Å². The number of para-hydroxylation sites is 1. The van der Waals surface area contributed by atoms with Crippen LogP contribution in [0.4, 0.5) is 4.79 Å². The van der Waals surface area contributed by atoms with Crippen LogP contribution in [0, 0.1) is 0 Å². The van der Waals surface area contributed by atoms with Crippen molar-refractivity contribution >= 4 is 12.0 Å². The van der Waals surface area contributed by atoms with Gasteiger partial charge in [-0.2, -0.15) is 0 Å². The van der Waals surface area contributed by atoms with Gasteiger partial charge in [0.05, 0.1) is 24.8 Å². The van der Waals surface area contributed by atoms with Crippen molar-refractivity contribution in [2.45, 2.75) is 32.7 Å². The molecule has 1 aromatic carbocycles. The molecule has 0 radical (unpaired) electrons. The fourth-order valence-electron chi connectivity index (χ4n) is 2.67. The molecule has 0 aliphatic carbocycles. The van der Waals surface area contributed by atoms with Crippen LogP contribution in [0.25, 0.3) is 0 Å². The summed E-state index contributed by atoms with van der Waals surface area (Å²) in [4.78, 5) is 24.6. The zero-order valence-electron chi connectivity index (χ0n) is 15.5. The van der Waals surface area contributed by atoms with Crippen LogP contribution in [0.5, 0.6) is 5.75 Å². The number of benzene rings is 1. The molecule has 0 bridgehead atoms. The molecule has 0 saturated carbocycles. The van der Waals surface area contributed by atoms with Crippen molar-refractivity contribution in [2.75, 3.05) is 26.9 Å². The first-order valence-electron chi connectivity index (χ1n) is 8.74. The van der Waals surface area contributed by atoms with Gasteiger partial charge in [0.25, 0.3) is 0 Å². The number of allylic oxidation sites excluding steroid dienone is 1. The minimum atomic E-state index is -0.642. The first-order valence-corrected chi connectivity index (χ1v) is 8.74. The molecule has 2 amide bonds. The number of rotatable bonds is 9. The van der Waals surface area contributed by atoms with Crippen LogP contribution < -0.4 is 15.4 Å². The van der Waals surface area contributed by atoms with Gasteiger partial charge in [0, 0.05) is 18.4 Å². The number of unbranched alkanes of at least 4 members (excludes halogenated alkanes) is 1. The van der Waals surface area contributed by atoms with Crippen molar-refractivity contribution < 1.29 is 23.8 Å². The minimum Gasteiger partial charge on any atom is -0.493 e. The van der Waals surface area contributed by atoms with Crippen molar-refractivity contribution in [1.82, 2.24) is 10.6 Å². The maximum absolute atomic E-state index is 12.6. The van der Waals surface area contributed by atoms with E-state index in [-0.39, 0.29) is 12.6 Å². The number of nitrogens with one attached hydrogen (secondary N) is 2. The average Bonchev–Trinajstić information content (AvgIpc) is 2.62. The summed E-state index contributed by atoms with van der Waals surface area (Å²) < 4.78 is 16.0. The third-order valence-electron chi connectivity index (χ3n) is 4.00. The Morgan fingerprint density at radius 3 is 2.69 bits per heavy atom. The molecular weight excluding hydrogens is 336 g/mol. The van der Waals surface area contributed by atoms with E-state index in [4.69, 9.17) is 14.2 Å². The summed E-state index contributed by atoms with van der Waals surface area (Å²) in [6.45, 7) is 4.78. The number of ether oxygens (including phenoxy) is 3. The summed E-state index contributed by atoms with van der Waals surface area (Å²) in [6, 6.07) is 6.37. The van der Waals surface area contributed by atoms with E-state index in [1.807, 2.05) is 24.3 Å². The van der Waals surface area contributed by atoms with Crippen LogP contribution in [0.1, 0.15) is 38.3 Å². The van der Waals surface area contributed by atoms with Gasteiger partial charge in [-0.05, 0) is 19.4 Å². The zero-order chi connectivity index (χ0) is 18.9. The first kappa shape index (κ1) is 19.8. The van der Waals surface area contributed by atoms with E-state index >= 15 is 0 Å². The molecule has 7 heteroatoms. The van der Waals surface area contributed by atoms with Gasteiger partial charge in [0.15, 0.2) is 0 Å². The Kier molecular flexibility index (Phi) is 7.47. The number of methoxy groups -OCH3 is 1. The fraction of sp³-hybridized carbons (Fsp3) is 0.474. The monoisotopic (exact) mass is 362 g/mol. The Hall–Kier alpha value is -2.54. The number of hydrogen-bond donors (Lipinski definition) is 2. The second-order valence-corrected chi connectivity index (χ2v) is 5.94. The number of amides is 2. The summed E-state index contributed by atoms with van der Waals surface area (Å²) in [7, 11) is 1.54. The van der Waals surface area contributed by atoms with E-state index in [1.165, 1.54) is 7.11 Å². The molecule has 1 heterocycles. The zero-order valence-corrected chi connectivity index (χ0v) is 15.5. The largest absolute Gasteiger partial charge is 0.493 e. The second kappa shape index (κ2) is 9.82. The highest BCUT2D eigenvalue weighted by atomic mass is 16.6. The lowest BCUT2D eigenvalue weighted by Crippen LogP contribution is -2.45. The van der Waals surface area contributed by atoms with Gasteiger partial charge < -0.3 is 24.8 Å². The number of carbonyl (C=O) groups is 2. The average molecular weight is 362 g/mol. The Bertz CT molecular complexity index is 672. The van der Waals surface area contributed by atoms with E-state index < -0.39 is 12.0 Å². The molecule has 0 saturated heterocycles. The van der Waals surface area contributed by atoms with E-state index in [1.54, 1.807) is 6.92 Å². The lowest BCUT2D eigenvalue weighted by Gasteiger charge is -2.29. The van der Waals surface area contributed by atoms with Crippen molar-refractivity contribution in [3.8, 4) is 5.75 Å². The Morgan fingerprint density at radius 1 is 1.19 bits per heavy atom. The topological polar surface area (TPSA) is 85.9 Å². The van der Waals surface area contributed by atoms with E-state index in [0.717, 1.165) is 18.4 Å². The Labute approximate surface area is 153 Å². The summed E-state index contributed by atoms with van der Waals surface area (Å²) in [6.07, 6.45) is 1.94. The van der Waals surface area contributed by atoms with Gasteiger partial charge in [-0.1, -0.05) is 31.5 Å². The van der Waals surface area contributed by atoms with E-state index in [2.05, 4.69) is 17.6 Å². The van der Waals surface area contributed by atoms with Crippen LogP contribution >= 0.6 is 0 Å². The molecule has 0 aromatic heterocycles. The predicted molar refractivity (Wildman–Crippen MR) is 96.8 cm³/mol. The third kappa shape index (κ3) is 4.98. The standard InChI is InChI=1S/C19H26N2O5/c1-4-5-10-25-15-9-7-6-8-14(15)17-16(13(2)20-19(23)21-17)18(22)26-12-11-24-3/h6-9,17H,4-5,10-12H2,1-3H3,(H2,20,21,23)/t17-/m1/s1. The first-order chi connectivity index (χ1) is 12.6.